The van der Waals surface area contributed by atoms with Gasteiger partial charge in [0, 0.05) is 37.9 Å². The molecule has 0 aliphatic carbocycles. The Morgan fingerprint density at radius 1 is 1.16 bits per heavy atom. The summed E-state index contributed by atoms with van der Waals surface area (Å²) in [6, 6.07) is 6.12. The van der Waals surface area contributed by atoms with Crippen LogP contribution in [0.25, 0.3) is 11.1 Å². The third-order valence-electron chi connectivity index (χ3n) is 5.47. The second-order valence-corrected chi connectivity index (χ2v) is 10.0. The Morgan fingerprint density at radius 3 is 2.56 bits per heavy atom. The average molecular weight is 463 g/mol. The van der Waals surface area contributed by atoms with Crippen LogP contribution in [0, 0.1) is 6.92 Å². The number of carbonyl (C=O) groups is 1. The zero-order valence-corrected chi connectivity index (χ0v) is 19.1. The van der Waals surface area contributed by atoms with Crippen molar-refractivity contribution in [1.82, 2.24) is 13.8 Å². The van der Waals surface area contributed by atoms with Gasteiger partial charge in [0.25, 0.3) is 5.91 Å². The second kappa shape index (κ2) is 8.57. The number of rotatable bonds is 7. The molecule has 1 fully saturated rings. The fourth-order valence-corrected chi connectivity index (χ4v) is 5.42. The van der Waals surface area contributed by atoms with Crippen molar-refractivity contribution in [3.8, 4) is 0 Å². The molecule has 1 aliphatic heterocycles. The Labute approximate surface area is 185 Å². The van der Waals surface area contributed by atoms with Gasteiger partial charge in [0.1, 0.15) is 10.7 Å². The molecule has 0 radical (unpaired) electrons. The molecule has 172 valence electrons. The van der Waals surface area contributed by atoms with Gasteiger partial charge in [-0.1, -0.05) is 0 Å². The van der Waals surface area contributed by atoms with Crippen LogP contribution < -0.4 is 11.1 Å². The predicted molar refractivity (Wildman–Crippen MR) is 118 cm³/mol. The quantitative estimate of drug-likeness (QED) is 0.571. The Bertz CT molecular complexity index is 1310. The van der Waals surface area contributed by atoms with Gasteiger partial charge in [-0.2, -0.15) is 4.31 Å². The minimum Gasteiger partial charge on any atom is -0.455 e. The van der Waals surface area contributed by atoms with E-state index < -0.39 is 21.7 Å². The number of benzene rings is 1. The number of hydrogen-bond acceptors (Lipinski definition) is 7. The van der Waals surface area contributed by atoms with Crippen molar-refractivity contribution in [1.29, 1.82) is 0 Å². The topological polar surface area (TPSA) is 118 Å². The lowest BCUT2D eigenvalue weighted by Crippen LogP contribution is -2.28. The first-order valence-corrected chi connectivity index (χ1v) is 11.8. The number of nitrogens with zero attached hydrogens (tertiary/aromatic N) is 3. The highest BCUT2D eigenvalue weighted by Crippen LogP contribution is 2.27. The van der Waals surface area contributed by atoms with Crippen LogP contribution in [0.15, 0.2) is 42.8 Å². The lowest BCUT2D eigenvalue weighted by molar-refractivity contribution is 0.0995. The molecule has 1 amide bonds. The molecule has 1 saturated heterocycles. The van der Waals surface area contributed by atoms with E-state index in [2.05, 4.69) is 5.32 Å². The van der Waals surface area contributed by atoms with Gasteiger partial charge in [0.05, 0.1) is 5.52 Å². The van der Waals surface area contributed by atoms with Gasteiger partial charge in [-0.3, -0.25) is 9.36 Å². The second-order valence-electron chi connectivity index (χ2n) is 8.10. The molecule has 10 nitrogen and oxygen atoms in total. The summed E-state index contributed by atoms with van der Waals surface area (Å²) in [5, 5.41) is 2.70. The summed E-state index contributed by atoms with van der Waals surface area (Å²) < 4.78 is 39.3. The number of furan rings is 1. The molecule has 32 heavy (non-hydrogen) atoms. The van der Waals surface area contributed by atoms with Crippen LogP contribution in [0.1, 0.15) is 29.2 Å². The SMILES string of the molecule is Cc1oc(C(=O)Nc2ccc3oc(=O)n(CCN(C)C)c3c2)cc1S(=O)(=O)N1CCCC1. The monoisotopic (exact) mass is 462 g/mol. The van der Waals surface area contributed by atoms with Crippen LogP contribution in [0.2, 0.25) is 0 Å². The molecule has 3 aromatic rings. The van der Waals surface area contributed by atoms with E-state index in [4.69, 9.17) is 8.83 Å². The van der Waals surface area contributed by atoms with Crippen LogP contribution in [-0.4, -0.2) is 61.8 Å². The molecule has 2 aromatic heterocycles. The number of aryl methyl sites for hydroxylation is 1. The van der Waals surface area contributed by atoms with Gasteiger partial charge < -0.3 is 19.1 Å². The molecule has 0 saturated carbocycles. The number of sulfonamides is 1. The molecular formula is C21H26N4O6S. The third kappa shape index (κ3) is 4.23. The van der Waals surface area contributed by atoms with Crippen LogP contribution in [-0.2, 0) is 16.6 Å². The molecule has 0 bridgehead atoms. The molecule has 1 aliphatic rings. The van der Waals surface area contributed by atoms with E-state index in [1.807, 2.05) is 19.0 Å². The Kier molecular flexibility index (Phi) is 5.97. The van der Waals surface area contributed by atoms with E-state index in [0.717, 1.165) is 12.8 Å². The van der Waals surface area contributed by atoms with Crippen molar-refractivity contribution in [2.45, 2.75) is 31.2 Å². The van der Waals surface area contributed by atoms with Gasteiger partial charge in [0.15, 0.2) is 11.3 Å². The smallest absolute Gasteiger partial charge is 0.419 e. The van der Waals surface area contributed by atoms with Crippen molar-refractivity contribution >= 4 is 32.7 Å². The molecule has 11 heteroatoms. The molecule has 4 rings (SSSR count). The number of amides is 1. The fourth-order valence-electron chi connectivity index (χ4n) is 3.75. The van der Waals surface area contributed by atoms with E-state index in [9.17, 15) is 18.0 Å². The summed E-state index contributed by atoms with van der Waals surface area (Å²) in [6.07, 6.45) is 1.64. The van der Waals surface area contributed by atoms with Crippen molar-refractivity contribution in [2.75, 3.05) is 39.0 Å². The van der Waals surface area contributed by atoms with Gasteiger partial charge in [-0.05, 0) is 52.1 Å². The fraction of sp³-hybridized carbons (Fsp3) is 0.429. The Balaban J connectivity index is 1.58. The largest absolute Gasteiger partial charge is 0.455 e. The highest BCUT2D eigenvalue weighted by atomic mass is 32.2. The molecule has 0 unspecified atom stereocenters. The first kappa shape index (κ1) is 22.3. The zero-order valence-electron chi connectivity index (χ0n) is 18.3. The Hall–Kier alpha value is -2.89. The molecule has 1 aromatic carbocycles. The van der Waals surface area contributed by atoms with Gasteiger partial charge >= 0.3 is 5.76 Å². The van der Waals surface area contributed by atoms with Crippen molar-refractivity contribution in [3.63, 3.8) is 0 Å². The van der Waals surface area contributed by atoms with E-state index in [0.29, 0.717) is 43.0 Å². The highest BCUT2D eigenvalue weighted by molar-refractivity contribution is 7.89. The number of likely N-dealkylation sites (N-methyl/N-ethyl adjacent to an activating group) is 1. The van der Waals surface area contributed by atoms with Gasteiger partial charge in [-0.15, -0.1) is 0 Å². The third-order valence-corrected chi connectivity index (χ3v) is 7.48. The summed E-state index contributed by atoms with van der Waals surface area (Å²) in [5.74, 6) is -0.979. The number of nitrogens with one attached hydrogen (secondary N) is 1. The summed E-state index contributed by atoms with van der Waals surface area (Å²) in [5.41, 5.74) is 1.40. The number of anilines is 1. The summed E-state index contributed by atoms with van der Waals surface area (Å²) in [4.78, 5) is 26.9. The lowest BCUT2D eigenvalue weighted by atomic mass is 10.2. The first-order valence-electron chi connectivity index (χ1n) is 10.4. The summed E-state index contributed by atoms with van der Waals surface area (Å²) in [6.45, 7) is 3.54. The molecule has 3 heterocycles. The van der Waals surface area contributed by atoms with E-state index in [1.54, 1.807) is 18.2 Å². The maximum Gasteiger partial charge on any atom is 0.419 e. The van der Waals surface area contributed by atoms with Crippen LogP contribution in [0.5, 0.6) is 0 Å². The number of carbonyl (C=O) groups excluding carboxylic acids is 1. The average Bonchev–Trinajstić information content (AvgIpc) is 3.45. The number of hydrogen-bond donors (Lipinski definition) is 1. The highest BCUT2D eigenvalue weighted by Gasteiger charge is 2.31. The maximum absolute atomic E-state index is 12.8. The first-order chi connectivity index (χ1) is 15.2. The number of oxazole rings is 1. The molecule has 0 atom stereocenters. The lowest BCUT2D eigenvalue weighted by Gasteiger charge is -2.14. The summed E-state index contributed by atoms with van der Waals surface area (Å²) in [7, 11) is 0.116. The van der Waals surface area contributed by atoms with Crippen LogP contribution in [0.3, 0.4) is 0 Å². The molecular weight excluding hydrogens is 436 g/mol. The van der Waals surface area contributed by atoms with Crippen LogP contribution in [0.4, 0.5) is 5.69 Å². The minimum absolute atomic E-state index is 0.00682. The van der Waals surface area contributed by atoms with Gasteiger partial charge in [-0.25, -0.2) is 13.2 Å². The van der Waals surface area contributed by atoms with E-state index >= 15 is 0 Å². The van der Waals surface area contributed by atoms with E-state index in [-0.39, 0.29) is 16.4 Å². The minimum atomic E-state index is -3.69. The Morgan fingerprint density at radius 2 is 1.88 bits per heavy atom. The maximum atomic E-state index is 12.8. The molecule has 0 spiro atoms. The van der Waals surface area contributed by atoms with Crippen LogP contribution >= 0.6 is 0 Å². The van der Waals surface area contributed by atoms with Crippen molar-refractivity contribution < 1.29 is 22.0 Å². The van der Waals surface area contributed by atoms with Crippen molar-refractivity contribution in [3.05, 3.63) is 46.3 Å². The van der Waals surface area contributed by atoms with E-state index in [1.165, 1.54) is 21.9 Å². The normalized spacial score (nSPS) is 15.1. The molecule has 1 N–H and O–H groups in total. The number of fused-ring (bicyclic) bond motifs is 1. The number of aromatic nitrogens is 1. The van der Waals surface area contributed by atoms with Gasteiger partial charge in [0.2, 0.25) is 10.0 Å². The zero-order chi connectivity index (χ0) is 23.0. The summed E-state index contributed by atoms with van der Waals surface area (Å²) >= 11 is 0. The predicted octanol–water partition coefficient (Wildman–Crippen LogP) is 2.09. The standard InChI is InChI=1S/C21H26N4O6S/c1-14-19(32(28,29)24-8-4-5-9-24)13-18(30-14)20(26)22-15-6-7-17-16(12-15)25(21(27)31-17)11-10-23(2)3/h6-7,12-13H,4-5,8-11H2,1-3H3,(H,22,26). The van der Waals surface area contributed by atoms with Crippen molar-refractivity contribution in [2.24, 2.45) is 0 Å².